The number of thiophene rings is 1. The Kier molecular flexibility index (Phi) is 6.58. The fourth-order valence-corrected chi connectivity index (χ4v) is 4.19. The first-order valence-electron chi connectivity index (χ1n) is 9.02. The molecule has 1 aliphatic rings. The van der Waals surface area contributed by atoms with E-state index in [0.717, 1.165) is 13.1 Å². The SMILES string of the molecule is COc1cc(C(=O)NC[C@@H](c2ccsc2)N2CCCC2)cc(OC)c1OC. The molecule has 27 heavy (non-hydrogen) atoms. The second-order valence-corrected chi connectivity index (χ2v) is 7.22. The summed E-state index contributed by atoms with van der Waals surface area (Å²) in [5.74, 6) is 1.25. The first-order valence-corrected chi connectivity index (χ1v) is 9.96. The standard InChI is InChI=1S/C20H26N2O4S/c1-24-17-10-15(11-18(25-2)19(17)26-3)20(23)21-12-16(14-6-9-27-13-14)22-7-4-5-8-22/h6,9-11,13,16H,4-5,7-8,12H2,1-3H3,(H,21,23)/t16-/m0/s1. The van der Waals surface area contributed by atoms with Crippen molar-refractivity contribution in [2.24, 2.45) is 0 Å². The number of nitrogens with one attached hydrogen (secondary N) is 1. The molecule has 2 aromatic rings. The van der Waals surface area contributed by atoms with Gasteiger partial charge < -0.3 is 19.5 Å². The lowest BCUT2D eigenvalue weighted by Crippen LogP contribution is -2.36. The van der Waals surface area contributed by atoms with Crippen LogP contribution in [0.3, 0.4) is 0 Å². The first kappa shape index (κ1) is 19.5. The van der Waals surface area contributed by atoms with Gasteiger partial charge in [0.25, 0.3) is 5.91 Å². The normalized spacial score (nSPS) is 15.4. The maximum absolute atomic E-state index is 12.8. The highest BCUT2D eigenvalue weighted by Crippen LogP contribution is 2.38. The fourth-order valence-electron chi connectivity index (χ4n) is 3.48. The zero-order valence-electron chi connectivity index (χ0n) is 16.0. The van der Waals surface area contributed by atoms with Crippen molar-refractivity contribution >= 4 is 17.2 Å². The van der Waals surface area contributed by atoms with Gasteiger partial charge in [0.05, 0.1) is 27.4 Å². The Morgan fingerprint density at radius 2 is 1.81 bits per heavy atom. The minimum absolute atomic E-state index is 0.159. The molecule has 7 heteroatoms. The lowest BCUT2D eigenvalue weighted by atomic mass is 10.1. The van der Waals surface area contributed by atoms with Crippen LogP contribution in [0.5, 0.6) is 17.2 Å². The van der Waals surface area contributed by atoms with Crippen molar-refractivity contribution in [2.45, 2.75) is 18.9 Å². The van der Waals surface area contributed by atoms with Gasteiger partial charge in [-0.25, -0.2) is 0 Å². The molecule has 1 fully saturated rings. The molecule has 146 valence electrons. The molecule has 1 amide bonds. The maximum atomic E-state index is 12.8. The molecule has 1 saturated heterocycles. The third kappa shape index (κ3) is 4.36. The third-order valence-corrected chi connectivity index (χ3v) is 5.59. The van der Waals surface area contributed by atoms with Gasteiger partial charge in [-0.1, -0.05) is 0 Å². The molecule has 1 atom stereocenters. The Hall–Kier alpha value is -2.25. The summed E-state index contributed by atoms with van der Waals surface area (Å²) in [5, 5.41) is 7.32. The van der Waals surface area contributed by atoms with Crippen molar-refractivity contribution in [3.8, 4) is 17.2 Å². The quantitative estimate of drug-likeness (QED) is 0.749. The summed E-state index contributed by atoms with van der Waals surface area (Å²) >= 11 is 1.68. The van der Waals surface area contributed by atoms with Gasteiger partial charge in [0.2, 0.25) is 5.75 Å². The van der Waals surface area contributed by atoms with Crippen molar-refractivity contribution in [1.82, 2.24) is 10.2 Å². The highest BCUT2D eigenvalue weighted by atomic mass is 32.1. The predicted octanol–water partition coefficient (Wildman–Crippen LogP) is 3.34. The van der Waals surface area contributed by atoms with Crippen LogP contribution in [0.15, 0.2) is 29.0 Å². The average molecular weight is 391 g/mol. The van der Waals surface area contributed by atoms with Gasteiger partial charge in [-0.05, 0) is 60.5 Å². The molecule has 1 aromatic carbocycles. The van der Waals surface area contributed by atoms with Crippen LogP contribution in [-0.4, -0.2) is 51.8 Å². The third-order valence-electron chi connectivity index (χ3n) is 4.89. The largest absolute Gasteiger partial charge is 0.493 e. The Labute approximate surface area is 164 Å². The molecule has 0 unspecified atom stereocenters. The molecule has 2 heterocycles. The number of hydrogen-bond acceptors (Lipinski definition) is 6. The van der Waals surface area contributed by atoms with E-state index in [9.17, 15) is 4.79 Å². The molecule has 1 N–H and O–H groups in total. The Morgan fingerprint density at radius 1 is 1.15 bits per heavy atom. The Morgan fingerprint density at radius 3 is 2.33 bits per heavy atom. The van der Waals surface area contributed by atoms with Gasteiger partial charge in [0, 0.05) is 12.1 Å². The van der Waals surface area contributed by atoms with Gasteiger partial charge in [0.15, 0.2) is 11.5 Å². The molecule has 0 aliphatic carbocycles. The summed E-state index contributed by atoms with van der Waals surface area (Å²) in [4.78, 5) is 15.2. The zero-order valence-corrected chi connectivity index (χ0v) is 16.8. The molecule has 0 spiro atoms. The van der Waals surface area contributed by atoms with E-state index in [0.29, 0.717) is 29.4 Å². The number of carbonyl (C=O) groups is 1. The number of rotatable bonds is 8. The van der Waals surface area contributed by atoms with Gasteiger partial charge in [-0.3, -0.25) is 9.69 Å². The molecular formula is C20H26N2O4S. The zero-order chi connectivity index (χ0) is 19.2. The maximum Gasteiger partial charge on any atom is 0.251 e. The average Bonchev–Trinajstić information content (AvgIpc) is 3.41. The van der Waals surface area contributed by atoms with Crippen LogP contribution < -0.4 is 19.5 Å². The summed E-state index contributed by atoms with van der Waals surface area (Å²) in [6, 6.07) is 5.68. The smallest absolute Gasteiger partial charge is 0.251 e. The van der Waals surface area contributed by atoms with Gasteiger partial charge in [0.1, 0.15) is 0 Å². The number of hydrogen-bond donors (Lipinski definition) is 1. The van der Waals surface area contributed by atoms with Crippen LogP contribution >= 0.6 is 11.3 Å². The van der Waals surface area contributed by atoms with Crippen molar-refractivity contribution in [3.05, 3.63) is 40.1 Å². The van der Waals surface area contributed by atoms with Crippen LogP contribution in [0.2, 0.25) is 0 Å². The van der Waals surface area contributed by atoms with E-state index in [2.05, 4.69) is 27.0 Å². The number of benzene rings is 1. The molecule has 3 rings (SSSR count). The summed E-state index contributed by atoms with van der Waals surface area (Å²) in [6.07, 6.45) is 2.42. The van der Waals surface area contributed by atoms with Gasteiger partial charge >= 0.3 is 0 Å². The van der Waals surface area contributed by atoms with E-state index in [1.165, 1.54) is 18.4 Å². The highest BCUT2D eigenvalue weighted by Gasteiger charge is 2.25. The predicted molar refractivity (Wildman–Crippen MR) is 106 cm³/mol. The summed E-state index contributed by atoms with van der Waals surface area (Å²) in [6.45, 7) is 2.70. The summed E-state index contributed by atoms with van der Waals surface area (Å²) in [5.41, 5.74) is 1.74. The van der Waals surface area contributed by atoms with E-state index in [1.54, 1.807) is 44.8 Å². The summed E-state index contributed by atoms with van der Waals surface area (Å²) in [7, 11) is 4.62. The molecule has 1 aliphatic heterocycles. The molecular weight excluding hydrogens is 364 g/mol. The van der Waals surface area contributed by atoms with Gasteiger partial charge in [-0.15, -0.1) is 0 Å². The van der Waals surface area contributed by atoms with Crippen LogP contribution in [0.1, 0.15) is 34.8 Å². The van der Waals surface area contributed by atoms with Crippen LogP contribution in [0.4, 0.5) is 0 Å². The van der Waals surface area contributed by atoms with Crippen molar-refractivity contribution in [1.29, 1.82) is 0 Å². The number of amides is 1. The van der Waals surface area contributed by atoms with Crippen LogP contribution in [-0.2, 0) is 0 Å². The lowest BCUT2D eigenvalue weighted by molar-refractivity contribution is 0.0937. The second-order valence-electron chi connectivity index (χ2n) is 6.44. The van der Waals surface area contributed by atoms with E-state index in [1.807, 2.05) is 0 Å². The van der Waals surface area contributed by atoms with E-state index < -0.39 is 0 Å². The highest BCUT2D eigenvalue weighted by molar-refractivity contribution is 7.07. The number of methoxy groups -OCH3 is 3. The second kappa shape index (κ2) is 9.10. The van der Waals surface area contributed by atoms with Crippen molar-refractivity contribution in [2.75, 3.05) is 41.0 Å². The number of nitrogens with zero attached hydrogens (tertiary/aromatic N) is 1. The van der Waals surface area contributed by atoms with E-state index >= 15 is 0 Å². The topological polar surface area (TPSA) is 60.0 Å². The Balaban J connectivity index is 1.76. The number of likely N-dealkylation sites (tertiary alicyclic amines) is 1. The van der Waals surface area contributed by atoms with Crippen molar-refractivity contribution < 1.29 is 19.0 Å². The minimum atomic E-state index is -0.159. The molecule has 1 aromatic heterocycles. The van der Waals surface area contributed by atoms with Crippen LogP contribution in [0, 0.1) is 0 Å². The molecule has 0 saturated carbocycles. The van der Waals surface area contributed by atoms with E-state index in [-0.39, 0.29) is 11.9 Å². The summed E-state index contributed by atoms with van der Waals surface area (Å²) < 4.78 is 16.0. The fraction of sp³-hybridized carbons (Fsp3) is 0.450. The first-order chi connectivity index (χ1) is 13.2. The molecule has 0 bridgehead atoms. The Bertz CT molecular complexity index is 732. The van der Waals surface area contributed by atoms with Crippen molar-refractivity contribution in [3.63, 3.8) is 0 Å². The molecule has 0 radical (unpaired) electrons. The molecule has 6 nitrogen and oxygen atoms in total. The van der Waals surface area contributed by atoms with Crippen LogP contribution in [0.25, 0.3) is 0 Å². The number of carbonyl (C=O) groups excluding carboxylic acids is 1. The minimum Gasteiger partial charge on any atom is -0.493 e. The monoisotopic (exact) mass is 390 g/mol. The lowest BCUT2D eigenvalue weighted by Gasteiger charge is -2.27. The number of ether oxygens (including phenoxy) is 3. The van der Waals surface area contributed by atoms with E-state index in [4.69, 9.17) is 14.2 Å². The van der Waals surface area contributed by atoms with Gasteiger partial charge in [-0.2, -0.15) is 11.3 Å².